The van der Waals surface area contributed by atoms with Crippen LogP contribution in [0.5, 0.6) is 0 Å². The van der Waals surface area contributed by atoms with Crippen molar-refractivity contribution in [1.29, 1.82) is 0 Å². The number of amides is 1. The number of thiophene rings is 1. The van der Waals surface area contributed by atoms with Gasteiger partial charge in [0.05, 0.1) is 24.6 Å². The molecular weight excluding hydrogens is 258 g/mol. The summed E-state index contributed by atoms with van der Waals surface area (Å²) in [4.78, 5) is 34.1. The second-order valence-corrected chi connectivity index (χ2v) is 4.85. The van der Waals surface area contributed by atoms with E-state index in [0.717, 1.165) is 11.3 Å². The third-order valence-corrected chi connectivity index (χ3v) is 3.63. The smallest absolute Gasteiger partial charge is 0.350 e. The number of aliphatic carboxylic acids is 1. The number of hydrogen-bond donors (Lipinski definition) is 2. The first kappa shape index (κ1) is 12.6. The maximum atomic E-state index is 11.7. The summed E-state index contributed by atoms with van der Waals surface area (Å²) in [6.07, 6.45) is 0.346. The highest BCUT2D eigenvalue weighted by molar-refractivity contribution is 7.12. The Labute approximate surface area is 107 Å². The quantitative estimate of drug-likeness (QED) is 0.801. The second kappa shape index (κ2) is 4.77. The summed E-state index contributed by atoms with van der Waals surface area (Å²) in [5, 5.41) is 12.9. The van der Waals surface area contributed by atoms with Crippen molar-refractivity contribution in [3.63, 3.8) is 0 Å². The Balaban J connectivity index is 2.03. The lowest BCUT2D eigenvalue weighted by atomic mass is 10.3. The Bertz CT molecular complexity index is 509. The molecule has 2 unspecified atom stereocenters. The van der Waals surface area contributed by atoms with Crippen LogP contribution in [-0.4, -0.2) is 30.1 Å². The molecule has 1 aliphatic rings. The highest BCUT2D eigenvalue weighted by Gasteiger charge is 2.48. The van der Waals surface area contributed by atoms with E-state index in [1.54, 1.807) is 11.4 Å². The Hall–Kier alpha value is -1.89. The number of nitrogens with one attached hydrogen (secondary N) is 1. The number of anilines is 1. The minimum Gasteiger partial charge on any atom is -0.481 e. The monoisotopic (exact) mass is 269 g/mol. The number of carboxylic acids is 1. The Kier molecular flexibility index (Phi) is 3.33. The van der Waals surface area contributed by atoms with Crippen molar-refractivity contribution in [2.45, 2.75) is 6.42 Å². The Morgan fingerprint density at radius 1 is 1.44 bits per heavy atom. The van der Waals surface area contributed by atoms with Gasteiger partial charge in [-0.25, -0.2) is 4.79 Å². The molecule has 0 saturated heterocycles. The molecule has 2 rings (SSSR count). The average Bonchev–Trinajstić information content (AvgIpc) is 3.03. The lowest BCUT2D eigenvalue weighted by Gasteiger charge is -2.04. The van der Waals surface area contributed by atoms with Gasteiger partial charge in [-0.3, -0.25) is 9.59 Å². The summed E-state index contributed by atoms with van der Waals surface area (Å²) in [6.45, 7) is 0. The van der Waals surface area contributed by atoms with Crippen molar-refractivity contribution in [3.05, 3.63) is 16.3 Å². The summed E-state index contributed by atoms with van der Waals surface area (Å²) >= 11 is 1.16. The van der Waals surface area contributed by atoms with Crippen LogP contribution in [0.2, 0.25) is 0 Å². The van der Waals surface area contributed by atoms with E-state index in [9.17, 15) is 14.4 Å². The highest BCUT2D eigenvalue weighted by atomic mass is 32.1. The topological polar surface area (TPSA) is 92.7 Å². The first-order valence-corrected chi connectivity index (χ1v) is 6.12. The molecule has 0 aromatic carbocycles. The van der Waals surface area contributed by atoms with E-state index < -0.39 is 23.8 Å². The van der Waals surface area contributed by atoms with Crippen LogP contribution in [0, 0.1) is 11.8 Å². The number of carbonyl (C=O) groups is 3. The van der Waals surface area contributed by atoms with Gasteiger partial charge in [-0.15, -0.1) is 11.3 Å². The molecular formula is C11H11NO5S. The molecule has 18 heavy (non-hydrogen) atoms. The number of carboxylic acid groups (broad SMARTS) is 1. The van der Waals surface area contributed by atoms with Gasteiger partial charge in [0, 0.05) is 0 Å². The second-order valence-electron chi connectivity index (χ2n) is 3.93. The average molecular weight is 269 g/mol. The van der Waals surface area contributed by atoms with Crippen LogP contribution >= 0.6 is 11.3 Å². The van der Waals surface area contributed by atoms with Crippen LogP contribution in [0.3, 0.4) is 0 Å². The lowest BCUT2D eigenvalue weighted by molar-refractivity contribution is -0.139. The highest BCUT2D eigenvalue weighted by Crippen LogP contribution is 2.39. The molecule has 1 fully saturated rings. The van der Waals surface area contributed by atoms with Crippen molar-refractivity contribution < 1.29 is 24.2 Å². The zero-order chi connectivity index (χ0) is 13.3. The zero-order valence-corrected chi connectivity index (χ0v) is 10.3. The fourth-order valence-corrected chi connectivity index (χ4v) is 2.41. The fourth-order valence-electron chi connectivity index (χ4n) is 1.64. The van der Waals surface area contributed by atoms with Crippen molar-refractivity contribution in [1.82, 2.24) is 0 Å². The molecule has 96 valence electrons. The molecule has 6 nitrogen and oxygen atoms in total. The molecule has 2 N–H and O–H groups in total. The van der Waals surface area contributed by atoms with Crippen molar-refractivity contribution in [2.75, 3.05) is 12.4 Å². The largest absolute Gasteiger partial charge is 0.481 e. The Morgan fingerprint density at radius 3 is 2.72 bits per heavy atom. The number of ether oxygens (including phenoxy) is 1. The summed E-state index contributed by atoms with van der Waals surface area (Å²) in [5.41, 5.74) is 0.368. The molecule has 1 aromatic rings. The maximum Gasteiger partial charge on any atom is 0.350 e. The molecule has 0 radical (unpaired) electrons. The molecule has 7 heteroatoms. The molecule has 1 saturated carbocycles. The van der Waals surface area contributed by atoms with Crippen molar-refractivity contribution in [3.8, 4) is 0 Å². The Morgan fingerprint density at radius 2 is 2.17 bits per heavy atom. The molecule has 0 aliphatic heterocycles. The lowest BCUT2D eigenvalue weighted by Crippen LogP contribution is -2.18. The first-order valence-electron chi connectivity index (χ1n) is 5.24. The molecule has 1 aliphatic carbocycles. The van der Waals surface area contributed by atoms with Crippen LogP contribution in [-0.2, 0) is 14.3 Å². The van der Waals surface area contributed by atoms with Crippen LogP contribution in [0.4, 0.5) is 5.69 Å². The number of rotatable bonds is 4. The van der Waals surface area contributed by atoms with E-state index >= 15 is 0 Å². The van der Waals surface area contributed by atoms with Gasteiger partial charge in [-0.2, -0.15) is 0 Å². The van der Waals surface area contributed by atoms with Gasteiger partial charge in [-0.1, -0.05) is 0 Å². The maximum absolute atomic E-state index is 11.7. The van der Waals surface area contributed by atoms with Crippen LogP contribution in [0.15, 0.2) is 11.4 Å². The predicted molar refractivity (Wildman–Crippen MR) is 63.5 cm³/mol. The third-order valence-electron chi connectivity index (χ3n) is 2.74. The summed E-state index contributed by atoms with van der Waals surface area (Å²) in [6, 6.07) is 1.59. The molecule has 0 bridgehead atoms. The number of methoxy groups -OCH3 is 1. The summed E-state index contributed by atoms with van der Waals surface area (Å²) in [5.74, 6) is -2.97. The van der Waals surface area contributed by atoms with E-state index in [1.807, 2.05) is 0 Å². The van der Waals surface area contributed by atoms with Gasteiger partial charge in [0.2, 0.25) is 5.91 Å². The normalized spacial score (nSPS) is 21.2. The van der Waals surface area contributed by atoms with Crippen molar-refractivity contribution in [2.24, 2.45) is 11.8 Å². The summed E-state index contributed by atoms with van der Waals surface area (Å²) < 4.78 is 4.58. The SMILES string of the molecule is COC(=O)c1sccc1NC(=O)C1CC1C(=O)O. The van der Waals surface area contributed by atoms with E-state index in [4.69, 9.17) is 5.11 Å². The first-order chi connectivity index (χ1) is 8.54. The van der Waals surface area contributed by atoms with Gasteiger partial charge in [0.25, 0.3) is 0 Å². The van der Waals surface area contributed by atoms with Gasteiger partial charge >= 0.3 is 11.9 Å². The summed E-state index contributed by atoms with van der Waals surface area (Å²) in [7, 11) is 1.26. The van der Waals surface area contributed by atoms with E-state index in [1.165, 1.54) is 7.11 Å². The van der Waals surface area contributed by atoms with Gasteiger partial charge in [-0.05, 0) is 17.9 Å². The van der Waals surface area contributed by atoms with Crippen LogP contribution in [0.25, 0.3) is 0 Å². The van der Waals surface area contributed by atoms with Gasteiger partial charge < -0.3 is 15.2 Å². The van der Waals surface area contributed by atoms with Crippen molar-refractivity contribution >= 4 is 34.9 Å². The van der Waals surface area contributed by atoms with Crippen LogP contribution in [0.1, 0.15) is 16.1 Å². The number of carbonyl (C=O) groups excluding carboxylic acids is 2. The fraction of sp³-hybridized carbons (Fsp3) is 0.364. The zero-order valence-electron chi connectivity index (χ0n) is 9.50. The van der Waals surface area contributed by atoms with Gasteiger partial charge in [0.15, 0.2) is 0 Å². The molecule has 1 aromatic heterocycles. The van der Waals surface area contributed by atoms with E-state index in [-0.39, 0.29) is 5.91 Å². The standard InChI is InChI=1S/C11H11NO5S/c1-17-11(16)8-7(2-3-18-8)12-9(13)5-4-6(5)10(14)15/h2-3,5-6H,4H2,1H3,(H,12,13)(H,14,15). The molecule has 2 atom stereocenters. The minimum absolute atomic E-state index is 0.304. The third kappa shape index (κ3) is 2.35. The van der Waals surface area contributed by atoms with E-state index in [0.29, 0.717) is 17.0 Å². The number of hydrogen-bond acceptors (Lipinski definition) is 5. The molecule has 1 heterocycles. The minimum atomic E-state index is -0.964. The molecule has 0 spiro atoms. The van der Waals surface area contributed by atoms with Gasteiger partial charge in [0.1, 0.15) is 4.88 Å². The molecule has 1 amide bonds. The van der Waals surface area contributed by atoms with E-state index in [2.05, 4.69) is 10.1 Å². The number of esters is 1. The van der Waals surface area contributed by atoms with Crippen LogP contribution < -0.4 is 5.32 Å². The predicted octanol–water partition coefficient (Wildman–Crippen LogP) is 1.19.